The summed E-state index contributed by atoms with van der Waals surface area (Å²) >= 11 is 0. The van der Waals surface area contributed by atoms with E-state index < -0.39 is 15.4 Å². The summed E-state index contributed by atoms with van der Waals surface area (Å²) in [5, 5.41) is 0. The van der Waals surface area contributed by atoms with Gasteiger partial charge in [0.05, 0.1) is 12.3 Å². The Bertz CT molecular complexity index is 515. The number of ketones is 1. The summed E-state index contributed by atoms with van der Waals surface area (Å²) in [6.07, 6.45) is 7.21. The molecule has 2 rings (SSSR count). The van der Waals surface area contributed by atoms with Crippen LogP contribution in [-0.2, 0) is 14.8 Å². The number of hydrogen-bond donors (Lipinski definition) is 1. The van der Waals surface area contributed by atoms with Crippen LogP contribution in [0.5, 0.6) is 0 Å². The maximum absolute atomic E-state index is 12.2. The van der Waals surface area contributed by atoms with E-state index in [0.29, 0.717) is 18.8 Å². The van der Waals surface area contributed by atoms with Gasteiger partial charge in [-0.2, -0.15) is 0 Å². The molecule has 0 spiro atoms. The van der Waals surface area contributed by atoms with Crippen molar-refractivity contribution in [3.05, 3.63) is 0 Å². The molecular formula is C13H19NO3S. The third-order valence-electron chi connectivity index (χ3n) is 4.97. The van der Waals surface area contributed by atoms with Crippen LogP contribution in [0.2, 0.25) is 0 Å². The molecule has 0 aromatic heterocycles. The molecule has 0 saturated heterocycles. The van der Waals surface area contributed by atoms with E-state index in [1.54, 1.807) is 0 Å². The zero-order valence-corrected chi connectivity index (χ0v) is 11.6. The summed E-state index contributed by atoms with van der Waals surface area (Å²) in [5.74, 6) is 2.56. The molecule has 100 valence electrons. The molecule has 2 saturated carbocycles. The molecule has 5 heteroatoms. The molecule has 0 aromatic carbocycles. The number of sulfonamides is 1. The van der Waals surface area contributed by atoms with Gasteiger partial charge in [0.25, 0.3) is 0 Å². The van der Waals surface area contributed by atoms with Crippen LogP contribution in [0.3, 0.4) is 0 Å². The first-order valence-corrected chi connectivity index (χ1v) is 7.84. The molecule has 1 N–H and O–H groups in total. The van der Waals surface area contributed by atoms with Crippen molar-refractivity contribution in [2.24, 2.45) is 16.7 Å². The van der Waals surface area contributed by atoms with Gasteiger partial charge in [-0.1, -0.05) is 19.8 Å². The zero-order valence-electron chi connectivity index (χ0n) is 10.8. The van der Waals surface area contributed by atoms with Crippen LogP contribution >= 0.6 is 0 Å². The number of rotatable bonds is 4. The van der Waals surface area contributed by atoms with Crippen LogP contribution in [0.25, 0.3) is 0 Å². The van der Waals surface area contributed by atoms with Gasteiger partial charge in [0.2, 0.25) is 10.0 Å². The molecule has 4 nitrogen and oxygen atoms in total. The number of terminal acetylenes is 1. The molecule has 0 heterocycles. The number of hydrogen-bond acceptors (Lipinski definition) is 3. The maximum atomic E-state index is 12.2. The van der Waals surface area contributed by atoms with E-state index in [4.69, 9.17) is 6.42 Å². The molecular weight excluding hydrogens is 250 g/mol. The van der Waals surface area contributed by atoms with E-state index in [2.05, 4.69) is 10.6 Å². The average molecular weight is 269 g/mol. The second kappa shape index (κ2) is 4.07. The molecule has 0 aliphatic heterocycles. The summed E-state index contributed by atoms with van der Waals surface area (Å²) in [5.41, 5.74) is -0.937. The minimum absolute atomic E-state index is 0.0174. The number of nitrogens with one attached hydrogen (secondary N) is 1. The fourth-order valence-electron chi connectivity index (χ4n) is 3.64. The van der Waals surface area contributed by atoms with E-state index in [1.165, 1.54) is 0 Å². The largest absolute Gasteiger partial charge is 0.299 e. The molecule has 2 bridgehead atoms. The molecule has 2 aliphatic carbocycles. The first-order valence-electron chi connectivity index (χ1n) is 6.19. The van der Waals surface area contributed by atoms with Gasteiger partial charge in [-0.15, -0.1) is 6.42 Å². The van der Waals surface area contributed by atoms with Crippen molar-refractivity contribution in [1.82, 2.24) is 4.72 Å². The molecule has 0 unspecified atom stereocenters. The maximum Gasteiger partial charge on any atom is 0.213 e. The second-order valence-electron chi connectivity index (χ2n) is 5.95. The van der Waals surface area contributed by atoms with Crippen LogP contribution < -0.4 is 4.72 Å². The zero-order chi connectivity index (χ0) is 13.6. The van der Waals surface area contributed by atoms with Crippen molar-refractivity contribution in [3.63, 3.8) is 0 Å². The summed E-state index contributed by atoms with van der Waals surface area (Å²) < 4.78 is 26.4. The third kappa shape index (κ3) is 1.79. The normalized spacial score (nSPS) is 33.6. The first kappa shape index (κ1) is 13.6. The highest BCUT2D eigenvalue weighted by Gasteiger charge is 2.65. The molecule has 0 aromatic rings. The SMILES string of the molecule is C#CCNS(=O)(=O)C[C@]12CC[C@@H](CC1=O)C2(C)C. The van der Waals surface area contributed by atoms with E-state index >= 15 is 0 Å². The number of carbonyl (C=O) groups is 1. The minimum Gasteiger partial charge on any atom is -0.299 e. The number of fused-ring (bicyclic) bond motifs is 2. The van der Waals surface area contributed by atoms with Crippen molar-refractivity contribution in [3.8, 4) is 12.3 Å². The van der Waals surface area contributed by atoms with Crippen molar-refractivity contribution >= 4 is 15.8 Å². The Kier molecular flexibility index (Phi) is 3.07. The Labute approximate surface area is 109 Å². The van der Waals surface area contributed by atoms with E-state index in [0.717, 1.165) is 6.42 Å². The van der Waals surface area contributed by atoms with Crippen LogP contribution in [-0.4, -0.2) is 26.5 Å². The van der Waals surface area contributed by atoms with Crippen molar-refractivity contribution in [1.29, 1.82) is 0 Å². The highest BCUT2D eigenvalue weighted by Crippen LogP contribution is 2.64. The van der Waals surface area contributed by atoms with E-state index in [1.807, 2.05) is 13.8 Å². The molecule has 18 heavy (non-hydrogen) atoms. The Balaban J connectivity index is 2.27. The van der Waals surface area contributed by atoms with Crippen LogP contribution in [0.15, 0.2) is 0 Å². The van der Waals surface area contributed by atoms with E-state index in [9.17, 15) is 13.2 Å². The molecule has 2 aliphatic rings. The fraction of sp³-hybridized carbons (Fsp3) is 0.769. The lowest BCUT2D eigenvalue weighted by Crippen LogP contribution is -2.45. The summed E-state index contributed by atoms with van der Waals surface area (Å²) in [7, 11) is -3.49. The quantitative estimate of drug-likeness (QED) is 0.772. The van der Waals surface area contributed by atoms with Gasteiger partial charge >= 0.3 is 0 Å². The molecule has 2 fully saturated rings. The lowest BCUT2D eigenvalue weighted by Gasteiger charge is -2.36. The highest BCUT2D eigenvalue weighted by atomic mass is 32.2. The Morgan fingerprint density at radius 1 is 1.50 bits per heavy atom. The van der Waals surface area contributed by atoms with Gasteiger partial charge in [-0.05, 0) is 24.2 Å². The van der Waals surface area contributed by atoms with Gasteiger partial charge in [0, 0.05) is 11.8 Å². The fourth-order valence-corrected chi connectivity index (χ4v) is 5.37. The Morgan fingerprint density at radius 3 is 2.61 bits per heavy atom. The standard InChI is InChI=1S/C13H19NO3S/c1-4-7-14-18(16,17)9-13-6-5-10(8-11(13)15)12(13,2)3/h1,10,14H,5-9H2,2-3H3/t10-,13+/m0/s1. The monoisotopic (exact) mass is 269 g/mol. The van der Waals surface area contributed by atoms with Gasteiger partial charge < -0.3 is 0 Å². The lowest BCUT2D eigenvalue weighted by atomic mass is 9.70. The summed E-state index contributed by atoms with van der Waals surface area (Å²) in [4.78, 5) is 12.2. The third-order valence-corrected chi connectivity index (χ3v) is 6.43. The van der Waals surface area contributed by atoms with Crippen molar-refractivity contribution in [2.75, 3.05) is 12.3 Å². The Hall–Kier alpha value is -0.860. The lowest BCUT2D eigenvalue weighted by molar-refractivity contribution is -0.128. The van der Waals surface area contributed by atoms with Crippen LogP contribution in [0, 0.1) is 29.1 Å². The van der Waals surface area contributed by atoms with Gasteiger partial charge in [-0.3, -0.25) is 4.79 Å². The second-order valence-corrected chi connectivity index (χ2v) is 7.76. The van der Waals surface area contributed by atoms with Crippen LogP contribution in [0.4, 0.5) is 0 Å². The summed E-state index contributed by atoms with van der Waals surface area (Å²) in [6, 6.07) is 0. The smallest absolute Gasteiger partial charge is 0.213 e. The van der Waals surface area contributed by atoms with E-state index in [-0.39, 0.29) is 23.5 Å². The summed E-state index contributed by atoms with van der Waals surface area (Å²) in [6.45, 7) is 4.02. The molecule has 0 radical (unpaired) electrons. The number of carbonyl (C=O) groups excluding carboxylic acids is 1. The van der Waals surface area contributed by atoms with Gasteiger partial charge in [-0.25, -0.2) is 13.1 Å². The van der Waals surface area contributed by atoms with Gasteiger partial charge in [0.15, 0.2) is 0 Å². The first-order chi connectivity index (χ1) is 8.25. The average Bonchev–Trinajstić information content (AvgIpc) is 2.59. The predicted molar refractivity (Wildman–Crippen MR) is 69.2 cm³/mol. The van der Waals surface area contributed by atoms with Gasteiger partial charge in [0.1, 0.15) is 5.78 Å². The van der Waals surface area contributed by atoms with Crippen molar-refractivity contribution in [2.45, 2.75) is 33.1 Å². The number of Topliss-reactive ketones (excluding diaryl/α,β-unsaturated/α-hetero) is 1. The minimum atomic E-state index is -3.49. The topological polar surface area (TPSA) is 63.2 Å². The molecule has 0 amide bonds. The Morgan fingerprint density at radius 2 is 2.17 bits per heavy atom. The van der Waals surface area contributed by atoms with Crippen molar-refractivity contribution < 1.29 is 13.2 Å². The van der Waals surface area contributed by atoms with Crippen LogP contribution in [0.1, 0.15) is 33.1 Å². The highest BCUT2D eigenvalue weighted by molar-refractivity contribution is 7.89. The predicted octanol–water partition coefficient (Wildman–Crippen LogP) is 0.934. The molecule has 2 atom stereocenters.